The number of amides is 2. The topological polar surface area (TPSA) is 106 Å². The van der Waals surface area contributed by atoms with Crippen LogP contribution in [0.3, 0.4) is 0 Å². The summed E-state index contributed by atoms with van der Waals surface area (Å²) in [5.41, 5.74) is 7.03. The van der Waals surface area contributed by atoms with Gasteiger partial charge in [0, 0.05) is 15.6 Å². The van der Waals surface area contributed by atoms with Gasteiger partial charge in [0.05, 0.1) is 0 Å². The molecule has 0 saturated heterocycles. The van der Waals surface area contributed by atoms with Crippen LogP contribution in [0.4, 0.5) is 0 Å². The predicted molar refractivity (Wildman–Crippen MR) is 58.7 cm³/mol. The Labute approximate surface area is 101 Å². The summed E-state index contributed by atoms with van der Waals surface area (Å²) >= 11 is 11.4. The summed E-state index contributed by atoms with van der Waals surface area (Å²) in [6, 6.07) is 3.81. The smallest absolute Gasteiger partial charge is 0.264 e. The van der Waals surface area contributed by atoms with Crippen molar-refractivity contribution in [1.29, 1.82) is 0 Å². The number of nitrogens with two attached hydrogens (primary N) is 2. The summed E-state index contributed by atoms with van der Waals surface area (Å²) in [5, 5.41) is 10.0. The van der Waals surface area contributed by atoms with E-state index in [0.717, 1.165) is 0 Å². The first-order valence-corrected chi connectivity index (χ1v) is 4.83. The van der Waals surface area contributed by atoms with Crippen LogP contribution < -0.4 is 11.5 Å². The van der Waals surface area contributed by atoms with Crippen LogP contribution >= 0.6 is 23.2 Å². The molecule has 0 aromatic heterocycles. The summed E-state index contributed by atoms with van der Waals surface area (Å²) in [6.07, 6.45) is 0. The Hall–Kier alpha value is -1.30. The summed E-state index contributed by atoms with van der Waals surface area (Å²) in [4.78, 5) is 22.2. The normalized spacial score (nSPS) is 11.2. The number of primary amides is 2. The van der Waals surface area contributed by atoms with E-state index in [2.05, 4.69) is 0 Å². The molecule has 0 heterocycles. The number of carbonyl (C=O) groups excluding carboxylic acids is 2. The molecule has 7 heteroatoms. The summed E-state index contributed by atoms with van der Waals surface area (Å²) in [6.45, 7) is 0. The highest BCUT2D eigenvalue weighted by atomic mass is 35.5. The molecule has 0 bridgehead atoms. The third-order valence-electron chi connectivity index (χ3n) is 2.03. The Bertz CT molecular complexity index is 448. The molecular formula is C9H8Cl2N2O3. The summed E-state index contributed by atoms with van der Waals surface area (Å²) in [5.74, 6) is -2.60. The average Bonchev–Trinajstić information content (AvgIpc) is 2.15. The molecule has 0 spiro atoms. The van der Waals surface area contributed by atoms with E-state index in [1.807, 2.05) is 0 Å². The molecule has 1 aromatic rings. The van der Waals surface area contributed by atoms with Gasteiger partial charge in [-0.3, -0.25) is 9.59 Å². The number of halogens is 2. The number of benzene rings is 1. The zero-order valence-electron chi connectivity index (χ0n) is 7.91. The third kappa shape index (κ3) is 1.97. The van der Waals surface area contributed by atoms with E-state index in [-0.39, 0.29) is 15.6 Å². The van der Waals surface area contributed by atoms with Gasteiger partial charge in [-0.15, -0.1) is 0 Å². The molecule has 2 amide bonds. The van der Waals surface area contributed by atoms with E-state index in [0.29, 0.717) is 0 Å². The van der Waals surface area contributed by atoms with Crippen LogP contribution in [0.1, 0.15) is 5.56 Å². The molecule has 0 saturated carbocycles. The van der Waals surface area contributed by atoms with Gasteiger partial charge in [0.15, 0.2) is 0 Å². The number of carbonyl (C=O) groups is 2. The monoisotopic (exact) mass is 262 g/mol. The van der Waals surface area contributed by atoms with Crippen molar-refractivity contribution in [2.24, 2.45) is 11.5 Å². The molecule has 0 radical (unpaired) electrons. The molecule has 0 fully saturated rings. The van der Waals surface area contributed by atoms with E-state index in [4.69, 9.17) is 34.7 Å². The second kappa shape index (κ2) is 4.29. The van der Waals surface area contributed by atoms with E-state index < -0.39 is 17.4 Å². The lowest BCUT2D eigenvalue weighted by atomic mass is 9.92. The number of hydrogen-bond acceptors (Lipinski definition) is 3. The van der Waals surface area contributed by atoms with E-state index in [1.165, 1.54) is 18.2 Å². The first kappa shape index (κ1) is 12.8. The zero-order chi connectivity index (χ0) is 12.5. The van der Waals surface area contributed by atoms with Gasteiger partial charge < -0.3 is 16.6 Å². The molecule has 0 aliphatic carbocycles. The van der Waals surface area contributed by atoms with Crippen molar-refractivity contribution in [2.75, 3.05) is 0 Å². The SMILES string of the molecule is NC(=O)C(O)(C(N)=O)c1ccc(Cl)cc1Cl. The van der Waals surface area contributed by atoms with Gasteiger partial charge >= 0.3 is 0 Å². The average molecular weight is 263 g/mol. The lowest BCUT2D eigenvalue weighted by Crippen LogP contribution is -2.51. The largest absolute Gasteiger partial charge is 0.368 e. The van der Waals surface area contributed by atoms with Crippen LogP contribution in [-0.4, -0.2) is 16.9 Å². The van der Waals surface area contributed by atoms with Crippen LogP contribution in [0.2, 0.25) is 10.0 Å². The standard InChI is InChI=1S/C9H8Cl2N2O3/c10-4-1-2-5(6(11)3-4)9(16,7(12)14)8(13)15/h1-3,16H,(H2,12,14)(H2,13,15). The third-order valence-corrected chi connectivity index (χ3v) is 2.58. The maximum Gasteiger partial charge on any atom is 0.264 e. The van der Waals surface area contributed by atoms with E-state index in [9.17, 15) is 14.7 Å². The molecule has 1 aromatic carbocycles. The Morgan fingerprint density at radius 2 is 1.69 bits per heavy atom. The maximum absolute atomic E-state index is 11.1. The van der Waals surface area contributed by atoms with Gasteiger partial charge in [0.25, 0.3) is 11.8 Å². The Kier molecular flexibility index (Phi) is 3.42. The molecule has 0 aliphatic rings. The Balaban J connectivity index is 3.44. The van der Waals surface area contributed by atoms with E-state index in [1.54, 1.807) is 0 Å². The van der Waals surface area contributed by atoms with Crippen molar-refractivity contribution in [3.63, 3.8) is 0 Å². The minimum atomic E-state index is -2.64. The van der Waals surface area contributed by atoms with Crippen molar-refractivity contribution in [3.05, 3.63) is 33.8 Å². The summed E-state index contributed by atoms with van der Waals surface area (Å²) < 4.78 is 0. The van der Waals surface area contributed by atoms with Crippen LogP contribution in [0.25, 0.3) is 0 Å². The molecular weight excluding hydrogens is 255 g/mol. The fourth-order valence-corrected chi connectivity index (χ4v) is 1.72. The molecule has 5 N–H and O–H groups in total. The van der Waals surface area contributed by atoms with Gasteiger partial charge in [-0.1, -0.05) is 29.3 Å². The van der Waals surface area contributed by atoms with Gasteiger partial charge in [-0.25, -0.2) is 0 Å². The fraction of sp³-hybridized carbons (Fsp3) is 0.111. The maximum atomic E-state index is 11.1. The Morgan fingerprint density at radius 3 is 2.06 bits per heavy atom. The quantitative estimate of drug-likeness (QED) is 0.675. The van der Waals surface area contributed by atoms with Crippen molar-refractivity contribution < 1.29 is 14.7 Å². The van der Waals surface area contributed by atoms with Crippen molar-refractivity contribution >= 4 is 35.0 Å². The van der Waals surface area contributed by atoms with Crippen LogP contribution in [0.5, 0.6) is 0 Å². The van der Waals surface area contributed by atoms with Gasteiger partial charge in [0.2, 0.25) is 5.60 Å². The van der Waals surface area contributed by atoms with Crippen LogP contribution in [0.15, 0.2) is 18.2 Å². The highest BCUT2D eigenvalue weighted by molar-refractivity contribution is 6.35. The lowest BCUT2D eigenvalue weighted by molar-refractivity contribution is -0.150. The highest BCUT2D eigenvalue weighted by Gasteiger charge is 2.44. The van der Waals surface area contributed by atoms with Crippen molar-refractivity contribution in [1.82, 2.24) is 0 Å². The Morgan fingerprint density at radius 1 is 1.19 bits per heavy atom. The van der Waals surface area contributed by atoms with Crippen LogP contribution in [-0.2, 0) is 15.2 Å². The first-order valence-electron chi connectivity index (χ1n) is 4.08. The molecule has 16 heavy (non-hydrogen) atoms. The van der Waals surface area contributed by atoms with Gasteiger partial charge in [0.1, 0.15) is 0 Å². The second-order valence-electron chi connectivity index (χ2n) is 3.06. The number of hydrogen-bond donors (Lipinski definition) is 3. The van der Waals surface area contributed by atoms with Gasteiger partial charge in [-0.2, -0.15) is 0 Å². The van der Waals surface area contributed by atoms with Crippen molar-refractivity contribution in [3.8, 4) is 0 Å². The fourth-order valence-electron chi connectivity index (χ4n) is 1.17. The van der Waals surface area contributed by atoms with Crippen molar-refractivity contribution in [2.45, 2.75) is 5.60 Å². The molecule has 1 rings (SSSR count). The number of rotatable bonds is 3. The second-order valence-corrected chi connectivity index (χ2v) is 3.91. The predicted octanol–water partition coefficient (Wildman–Crippen LogP) is 0.152. The first-order chi connectivity index (χ1) is 7.30. The van der Waals surface area contributed by atoms with E-state index >= 15 is 0 Å². The lowest BCUT2D eigenvalue weighted by Gasteiger charge is -2.22. The highest BCUT2D eigenvalue weighted by Crippen LogP contribution is 2.30. The molecule has 5 nitrogen and oxygen atoms in total. The molecule has 0 aliphatic heterocycles. The molecule has 0 unspecified atom stereocenters. The summed E-state index contributed by atoms with van der Waals surface area (Å²) in [7, 11) is 0. The minimum Gasteiger partial charge on any atom is -0.368 e. The molecule has 86 valence electrons. The number of aliphatic hydroxyl groups is 1. The molecule has 0 atom stereocenters. The minimum absolute atomic E-state index is 0.0763. The van der Waals surface area contributed by atoms with Gasteiger partial charge in [-0.05, 0) is 12.1 Å². The van der Waals surface area contributed by atoms with Crippen LogP contribution in [0, 0.1) is 0 Å². The zero-order valence-corrected chi connectivity index (χ0v) is 9.42.